The molecule has 1 aromatic heterocycles. The number of hydrogen-bond donors (Lipinski definition) is 2. The van der Waals surface area contributed by atoms with Crippen LogP contribution in [-0.2, 0) is 6.54 Å². The van der Waals surface area contributed by atoms with Crippen molar-refractivity contribution >= 4 is 27.5 Å². The molecule has 2 aromatic rings. The second-order valence-electron chi connectivity index (χ2n) is 3.92. The van der Waals surface area contributed by atoms with Crippen LogP contribution in [0.5, 0.6) is 5.75 Å². The Labute approximate surface area is 131 Å². The van der Waals surface area contributed by atoms with Crippen molar-refractivity contribution < 1.29 is 14.5 Å². The minimum Gasteiger partial charge on any atom is -0.497 e. The lowest BCUT2D eigenvalue weighted by molar-refractivity contribution is -0.380. The number of carbonyl (C=O) groups is 1. The maximum Gasteiger partial charge on any atom is 0.345 e. The van der Waals surface area contributed by atoms with E-state index in [0.29, 0.717) is 6.54 Å². The lowest BCUT2D eigenvalue weighted by Crippen LogP contribution is -2.28. The third-order valence-corrected chi connectivity index (χ3v) is 3.37. The summed E-state index contributed by atoms with van der Waals surface area (Å²) in [5, 5.41) is 15.6. The van der Waals surface area contributed by atoms with Crippen LogP contribution in [0.3, 0.4) is 0 Å². The second-order valence-corrected chi connectivity index (χ2v) is 4.93. The molecule has 8 nitrogen and oxygen atoms in total. The van der Waals surface area contributed by atoms with Crippen LogP contribution in [-0.4, -0.2) is 23.0 Å². The quantitative estimate of drug-likeness (QED) is 0.649. The second kappa shape index (κ2) is 7.93. The van der Waals surface area contributed by atoms with Crippen LogP contribution in [0.4, 0.5) is 14.9 Å². The van der Waals surface area contributed by atoms with Crippen LogP contribution in [0.2, 0.25) is 0 Å². The minimum atomic E-state index is -0.557. The highest BCUT2D eigenvalue weighted by Gasteiger charge is 2.13. The number of aromatic nitrogens is 1. The van der Waals surface area contributed by atoms with Gasteiger partial charge in [-0.1, -0.05) is 19.6 Å². The number of methoxy groups -OCH3 is 1. The Bertz CT molecular complexity index is 642. The highest BCUT2D eigenvalue weighted by atomic mass is 32.1. The SMILES string of the molecule is C.COc1ccc(CNC(=O)Nc2ncc([N+](=O)[O-])s2)cc1. The van der Waals surface area contributed by atoms with Crippen molar-refractivity contribution in [2.24, 2.45) is 0 Å². The highest BCUT2D eigenvalue weighted by molar-refractivity contribution is 7.18. The zero-order valence-corrected chi connectivity index (χ0v) is 11.8. The van der Waals surface area contributed by atoms with Gasteiger partial charge in [0, 0.05) is 6.54 Å². The topological polar surface area (TPSA) is 106 Å². The van der Waals surface area contributed by atoms with E-state index in [0.717, 1.165) is 28.8 Å². The molecule has 22 heavy (non-hydrogen) atoms. The predicted octanol–water partition coefficient (Wildman–Crippen LogP) is 3.02. The number of nitrogens with zero attached hydrogens (tertiary/aromatic N) is 2. The van der Waals surface area contributed by atoms with Gasteiger partial charge >= 0.3 is 11.0 Å². The van der Waals surface area contributed by atoms with E-state index in [1.165, 1.54) is 0 Å². The molecular weight excluding hydrogens is 308 g/mol. The van der Waals surface area contributed by atoms with Gasteiger partial charge in [0.1, 0.15) is 11.9 Å². The van der Waals surface area contributed by atoms with Crippen molar-refractivity contribution in [2.75, 3.05) is 12.4 Å². The summed E-state index contributed by atoms with van der Waals surface area (Å²) >= 11 is 0.797. The number of ether oxygens (including phenoxy) is 1. The third kappa shape index (κ3) is 4.70. The van der Waals surface area contributed by atoms with Gasteiger partial charge in [0.2, 0.25) is 0 Å². The number of anilines is 1. The summed E-state index contributed by atoms with van der Waals surface area (Å²) in [5.41, 5.74) is 0.899. The van der Waals surface area contributed by atoms with Crippen LogP contribution in [0.25, 0.3) is 0 Å². The fourth-order valence-corrected chi connectivity index (χ4v) is 2.10. The minimum absolute atomic E-state index is 0. The number of nitrogens with one attached hydrogen (secondary N) is 2. The number of thiazole rings is 1. The zero-order valence-electron chi connectivity index (χ0n) is 11.0. The van der Waals surface area contributed by atoms with Crippen LogP contribution in [0.1, 0.15) is 13.0 Å². The predicted molar refractivity (Wildman–Crippen MR) is 84.4 cm³/mol. The van der Waals surface area contributed by atoms with Gasteiger partial charge in [-0.05, 0) is 29.0 Å². The Morgan fingerprint density at radius 2 is 2.09 bits per heavy atom. The molecule has 1 aromatic carbocycles. The Hall–Kier alpha value is -2.68. The summed E-state index contributed by atoms with van der Waals surface area (Å²) in [5.74, 6) is 0.735. The molecule has 0 saturated heterocycles. The van der Waals surface area contributed by atoms with E-state index in [1.807, 2.05) is 12.1 Å². The van der Waals surface area contributed by atoms with E-state index in [4.69, 9.17) is 4.74 Å². The van der Waals surface area contributed by atoms with Gasteiger partial charge < -0.3 is 10.1 Å². The maximum atomic E-state index is 11.6. The lowest BCUT2D eigenvalue weighted by Gasteiger charge is -2.06. The fraction of sp³-hybridized carbons (Fsp3) is 0.231. The smallest absolute Gasteiger partial charge is 0.345 e. The fourth-order valence-electron chi connectivity index (χ4n) is 1.47. The molecule has 2 N–H and O–H groups in total. The molecule has 0 aliphatic rings. The molecule has 0 saturated carbocycles. The van der Waals surface area contributed by atoms with E-state index in [-0.39, 0.29) is 17.6 Å². The van der Waals surface area contributed by atoms with Crippen LogP contribution < -0.4 is 15.4 Å². The van der Waals surface area contributed by atoms with E-state index < -0.39 is 11.0 Å². The van der Waals surface area contributed by atoms with Gasteiger partial charge in [-0.15, -0.1) is 0 Å². The van der Waals surface area contributed by atoms with Gasteiger partial charge in [-0.3, -0.25) is 15.4 Å². The molecule has 0 fully saturated rings. The summed E-state index contributed by atoms with van der Waals surface area (Å²) < 4.78 is 5.03. The summed E-state index contributed by atoms with van der Waals surface area (Å²) in [6, 6.07) is 6.76. The van der Waals surface area contributed by atoms with Gasteiger partial charge in [0.25, 0.3) is 0 Å². The van der Waals surface area contributed by atoms with Gasteiger partial charge in [0.15, 0.2) is 5.13 Å². The summed E-state index contributed by atoms with van der Waals surface area (Å²) in [4.78, 5) is 25.3. The molecule has 0 unspecified atom stereocenters. The zero-order chi connectivity index (χ0) is 15.2. The van der Waals surface area contributed by atoms with Crippen LogP contribution >= 0.6 is 11.3 Å². The van der Waals surface area contributed by atoms with Crippen molar-refractivity contribution in [2.45, 2.75) is 14.0 Å². The molecule has 0 spiro atoms. The maximum absolute atomic E-state index is 11.6. The first-order chi connectivity index (χ1) is 10.1. The van der Waals surface area contributed by atoms with Crippen molar-refractivity contribution in [3.8, 4) is 5.75 Å². The normalized spacial score (nSPS) is 9.50. The molecule has 0 aliphatic carbocycles. The van der Waals surface area contributed by atoms with Crippen molar-refractivity contribution in [3.05, 3.63) is 46.1 Å². The number of carbonyl (C=O) groups excluding carboxylic acids is 1. The van der Waals surface area contributed by atoms with E-state index >= 15 is 0 Å². The molecular formula is C13H16N4O4S. The number of amides is 2. The van der Waals surface area contributed by atoms with Crippen LogP contribution in [0, 0.1) is 10.1 Å². The van der Waals surface area contributed by atoms with Crippen molar-refractivity contribution in [1.29, 1.82) is 0 Å². The average Bonchev–Trinajstić information content (AvgIpc) is 2.94. The number of urea groups is 1. The molecule has 1 heterocycles. The summed E-state index contributed by atoms with van der Waals surface area (Å²) in [6.07, 6.45) is 1.10. The molecule has 9 heteroatoms. The largest absolute Gasteiger partial charge is 0.497 e. The van der Waals surface area contributed by atoms with E-state index in [2.05, 4.69) is 15.6 Å². The standard InChI is InChI=1S/C12H12N4O4S.CH4/c1-20-9-4-2-8(3-5-9)6-13-11(17)15-12-14-7-10(21-12)16(18)19;/h2-5,7H,6H2,1H3,(H2,13,14,15,17);1H4. The van der Waals surface area contributed by atoms with Gasteiger partial charge in [-0.25, -0.2) is 9.78 Å². The molecule has 2 rings (SSSR count). The molecule has 2 amide bonds. The third-order valence-electron chi connectivity index (χ3n) is 2.51. The monoisotopic (exact) mass is 324 g/mol. The number of benzene rings is 1. The number of nitro groups is 1. The summed E-state index contributed by atoms with van der Waals surface area (Å²) in [7, 11) is 1.58. The molecule has 0 bridgehead atoms. The average molecular weight is 324 g/mol. The Kier molecular flexibility index (Phi) is 6.26. The van der Waals surface area contributed by atoms with Crippen LogP contribution in [0.15, 0.2) is 30.5 Å². The first-order valence-electron chi connectivity index (χ1n) is 5.86. The molecule has 0 radical (unpaired) electrons. The van der Waals surface area contributed by atoms with Gasteiger partial charge in [0.05, 0.1) is 12.0 Å². The molecule has 0 atom stereocenters. The van der Waals surface area contributed by atoms with Gasteiger partial charge in [-0.2, -0.15) is 0 Å². The number of hydrogen-bond acceptors (Lipinski definition) is 6. The number of rotatable bonds is 5. The van der Waals surface area contributed by atoms with E-state index in [1.54, 1.807) is 19.2 Å². The van der Waals surface area contributed by atoms with E-state index in [9.17, 15) is 14.9 Å². The Morgan fingerprint density at radius 3 is 2.64 bits per heavy atom. The van der Waals surface area contributed by atoms with Crippen molar-refractivity contribution in [1.82, 2.24) is 10.3 Å². The lowest BCUT2D eigenvalue weighted by atomic mass is 10.2. The highest BCUT2D eigenvalue weighted by Crippen LogP contribution is 2.24. The molecule has 0 aliphatic heterocycles. The Balaban J connectivity index is 0.00000242. The Morgan fingerprint density at radius 1 is 1.41 bits per heavy atom. The first kappa shape index (κ1) is 17.4. The summed E-state index contributed by atoms with van der Waals surface area (Å²) in [6.45, 7) is 0.323. The molecule has 118 valence electrons. The first-order valence-corrected chi connectivity index (χ1v) is 6.68. The van der Waals surface area contributed by atoms with Crippen molar-refractivity contribution in [3.63, 3.8) is 0 Å².